The molecular formula is C18H21NO2. The molecular weight excluding hydrogens is 262 g/mol. The molecule has 2 aliphatic rings. The van der Waals surface area contributed by atoms with Crippen LogP contribution in [0.2, 0.25) is 0 Å². The van der Waals surface area contributed by atoms with Gasteiger partial charge in [0, 0.05) is 0 Å². The van der Waals surface area contributed by atoms with Gasteiger partial charge in [0.05, 0.1) is 12.6 Å². The van der Waals surface area contributed by atoms with E-state index in [0.29, 0.717) is 6.61 Å². The molecule has 1 aliphatic heterocycles. The lowest BCUT2D eigenvalue weighted by Crippen LogP contribution is -2.38. The molecule has 0 fully saturated rings. The minimum absolute atomic E-state index is 0.194. The highest BCUT2D eigenvalue weighted by Gasteiger charge is 2.47. The van der Waals surface area contributed by atoms with E-state index in [0.717, 1.165) is 28.4 Å². The molecule has 0 N–H and O–H groups in total. The maximum atomic E-state index is 5.93. The quantitative estimate of drug-likeness (QED) is 0.828. The van der Waals surface area contributed by atoms with E-state index in [1.807, 2.05) is 18.2 Å². The molecule has 1 unspecified atom stereocenters. The molecule has 21 heavy (non-hydrogen) atoms. The fourth-order valence-corrected chi connectivity index (χ4v) is 3.04. The monoisotopic (exact) mass is 283 g/mol. The molecule has 3 nitrogen and oxygen atoms in total. The Bertz CT molecular complexity index is 670. The summed E-state index contributed by atoms with van der Waals surface area (Å²) >= 11 is 0. The summed E-state index contributed by atoms with van der Waals surface area (Å²) in [6.07, 6.45) is 1.99. The largest absolute Gasteiger partial charge is 0.500 e. The van der Waals surface area contributed by atoms with E-state index < -0.39 is 5.41 Å². The number of hydrogen-bond acceptors (Lipinski definition) is 3. The smallest absolute Gasteiger partial charge is 0.202 e. The number of hydrogen-bond donors (Lipinski definition) is 0. The van der Waals surface area contributed by atoms with Gasteiger partial charge in [-0.25, -0.2) is 4.99 Å². The summed E-state index contributed by atoms with van der Waals surface area (Å²) in [4.78, 5) is 4.78. The van der Waals surface area contributed by atoms with Crippen molar-refractivity contribution in [3.63, 3.8) is 0 Å². The Morgan fingerprint density at radius 3 is 2.57 bits per heavy atom. The predicted octanol–water partition coefficient (Wildman–Crippen LogP) is 3.71. The number of allylic oxidation sites excluding steroid dienone is 2. The average Bonchev–Trinajstić information content (AvgIpc) is 2.83. The average molecular weight is 283 g/mol. The van der Waals surface area contributed by atoms with Crippen molar-refractivity contribution in [3.05, 3.63) is 53.8 Å². The summed E-state index contributed by atoms with van der Waals surface area (Å²) in [5, 5.41) is 0. The molecule has 1 atom stereocenters. The van der Waals surface area contributed by atoms with E-state index >= 15 is 0 Å². The van der Waals surface area contributed by atoms with Crippen molar-refractivity contribution in [1.29, 1.82) is 0 Å². The van der Waals surface area contributed by atoms with Crippen molar-refractivity contribution in [2.24, 2.45) is 4.99 Å². The van der Waals surface area contributed by atoms with E-state index in [4.69, 9.17) is 14.5 Å². The van der Waals surface area contributed by atoms with Gasteiger partial charge in [0.2, 0.25) is 5.90 Å². The molecule has 0 saturated heterocycles. The molecule has 3 heteroatoms. The molecule has 0 bridgehead atoms. The highest BCUT2D eigenvalue weighted by Crippen LogP contribution is 2.45. The Morgan fingerprint density at radius 2 is 1.95 bits per heavy atom. The van der Waals surface area contributed by atoms with Crippen LogP contribution in [-0.2, 0) is 14.9 Å². The molecule has 1 aromatic carbocycles. The Kier molecular flexibility index (Phi) is 2.97. The molecule has 0 amide bonds. The van der Waals surface area contributed by atoms with Gasteiger partial charge in [-0.3, -0.25) is 0 Å². The Hall–Kier alpha value is -2.03. The van der Waals surface area contributed by atoms with E-state index in [-0.39, 0.29) is 5.54 Å². The van der Waals surface area contributed by atoms with Gasteiger partial charge in [-0.05, 0) is 43.5 Å². The fourth-order valence-electron chi connectivity index (χ4n) is 3.04. The topological polar surface area (TPSA) is 30.8 Å². The zero-order chi connectivity index (χ0) is 15.3. The van der Waals surface area contributed by atoms with Crippen LogP contribution in [0.25, 0.3) is 5.57 Å². The first-order chi connectivity index (χ1) is 9.88. The van der Waals surface area contributed by atoms with Crippen molar-refractivity contribution in [2.75, 3.05) is 13.7 Å². The van der Waals surface area contributed by atoms with Gasteiger partial charge >= 0.3 is 0 Å². The van der Waals surface area contributed by atoms with E-state index in [9.17, 15) is 0 Å². The zero-order valence-corrected chi connectivity index (χ0v) is 13.1. The summed E-state index contributed by atoms with van der Waals surface area (Å²) in [5.41, 5.74) is 2.52. The Labute approximate surface area is 126 Å². The summed E-state index contributed by atoms with van der Waals surface area (Å²) < 4.78 is 11.6. The van der Waals surface area contributed by atoms with Gasteiger partial charge in [0.1, 0.15) is 17.8 Å². The molecule has 0 radical (unpaired) electrons. The molecule has 110 valence electrons. The maximum Gasteiger partial charge on any atom is 0.202 e. The standard InChI is InChI=1S/C18H21NO2/c1-12-10-15(20-5)18(4,14-9-7-6-8-13(12)14)16-19-17(2,3)11-21-16/h6-10H,1,11H2,2-5H3. The third-order valence-corrected chi connectivity index (χ3v) is 4.22. The first-order valence-corrected chi connectivity index (χ1v) is 7.16. The van der Waals surface area contributed by atoms with Gasteiger partial charge in [0.15, 0.2) is 0 Å². The van der Waals surface area contributed by atoms with Gasteiger partial charge in [-0.1, -0.05) is 30.8 Å². The van der Waals surface area contributed by atoms with Crippen molar-refractivity contribution in [1.82, 2.24) is 0 Å². The van der Waals surface area contributed by atoms with Gasteiger partial charge in [0.25, 0.3) is 0 Å². The lowest BCUT2D eigenvalue weighted by atomic mass is 9.72. The van der Waals surface area contributed by atoms with Crippen molar-refractivity contribution >= 4 is 11.5 Å². The lowest BCUT2D eigenvalue weighted by Gasteiger charge is -2.35. The van der Waals surface area contributed by atoms with Crippen LogP contribution in [0.3, 0.4) is 0 Å². The van der Waals surface area contributed by atoms with Crippen LogP contribution in [0.1, 0.15) is 31.9 Å². The number of fused-ring (bicyclic) bond motifs is 1. The third-order valence-electron chi connectivity index (χ3n) is 4.22. The van der Waals surface area contributed by atoms with Crippen molar-refractivity contribution in [2.45, 2.75) is 31.7 Å². The second-order valence-corrected chi connectivity index (χ2v) is 6.43. The number of methoxy groups -OCH3 is 1. The van der Waals surface area contributed by atoms with Crippen LogP contribution >= 0.6 is 0 Å². The normalized spacial score (nSPS) is 26.6. The highest BCUT2D eigenvalue weighted by molar-refractivity contribution is 5.97. The number of rotatable bonds is 2. The predicted molar refractivity (Wildman–Crippen MR) is 85.4 cm³/mol. The van der Waals surface area contributed by atoms with E-state index in [2.05, 4.69) is 39.5 Å². The summed E-state index contributed by atoms with van der Waals surface area (Å²) in [5.74, 6) is 1.54. The van der Waals surface area contributed by atoms with Crippen LogP contribution in [0.4, 0.5) is 0 Å². The second-order valence-electron chi connectivity index (χ2n) is 6.43. The third kappa shape index (κ3) is 1.99. The second kappa shape index (κ2) is 4.48. The van der Waals surface area contributed by atoms with Crippen LogP contribution in [0.15, 0.2) is 47.7 Å². The van der Waals surface area contributed by atoms with E-state index in [1.165, 1.54) is 0 Å². The molecule has 1 heterocycles. The number of aliphatic imine (C=N–C) groups is 1. The van der Waals surface area contributed by atoms with Gasteiger partial charge < -0.3 is 9.47 Å². The molecule has 0 saturated carbocycles. The minimum Gasteiger partial charge on any atom is -0.500 e. The van der Waals surface area contributed by atoms with Gasteiger partial charge in [-0.15, -0.1) is 0 Å². The summed E-state index contributed by atoms with van der Waals surface area (Å²) in [6, 6.07) is 8.24. The number of benzene rings is 1. The molecule has 0 spiro atoms. The van der Waals surface area contributed by atoms with Gasteiger partial charge in [-0.2, -0.15) is 0 Å². The number of nitrogens with zero attached hydrogens (tertiary/aromatic N) is 1. The summed E-state index contributed by atoms with van der Waals surface area (Å²) in [6.45, 7) is 11.0. The fraction of sp³-hybridized carbons (Fsp3) is 0.389. The molecule has 1 aromatic rings. The maximum absolute atomic E-state index is 5.93. The zero-order valence-electron chi connectivity index (χ0n) is 13.1. The Balaban J connectivity index is 2.23. The number of ether oxygens (including phenoxy) is 2. The lowest BCUT2D eigenvalue weighted by molar-refractivity contribution is 0.221. The summed E-state index contributed by atoms with van der Waals surface area (Å²) in [7, 11) is 1.69. The molecule has 0 aromatic heterocycles. The molecule has 1 aliphatic carbocycles. The van der Waals surface area contributed by atoms with Crippen LogP contribution in [0.5, 0.6) is 0 Å². The minimum atomic E-state index is -0.500. The van der Waals surface area contributed by atoms with Crippen molar-refractivity contribution < 1.29 is 9.47 Å². The Morgan fingerprint density at radius 1 is 1.24 bits per heavy atom. The SMILES string of the molecule is C=C1C=C(OC)C(C)(C2=NC(C)(C)CO2)c2ccccc21. The van der Waals surface area contributed by atoms with Crippen LogP contribution in [0, 0.1) is 0 Å². The van der Waals surface area contributed by atoms with E-state index in [1.54, 1.807) is 7.11 Å². The van der Waals surface area contributed by atoms with Crippen LogP contribution in [-0.4, -0.2) is 25.2 Å². The first kappa shape index (κ1) is 13.9. The van der Waals surface area contributed by atoms with Crippen LogP contribution < -0.4 is 0 Å². The van der Waals surface area contributed by atoms with Crippen molar-refractivity contribution in [3.8, 4) is 0 Å². The first-order valence-electron chi connectivity index (χ1n) is 7.16. The highest BCUT2D eigenvalue weighted by atomic mass is 16.5. The molecule has 3 rings (SSSR count).